The van der Waals surface area contributed by atoms with Crippen molar-refractivity contribution in [2.45, 2.75) is 6.04 Å². The van der Waals surface area contributed by atoms with Crippen LogP contribution in [0.5, 0.6) is 0 Å². The normalized spacial score (nSPS) is 18.4. The first-order valence-corrected chi connectivity index (χ1v) is 4.77. The average Bonchev–Trinajstić information content (AvgIpc) is 2.51. The fourth-order valence-corrected chi connectivity index (χ4v) is 1.72. The number of hydrogen-bond donors (Lipinski definition) is 3. The second-order valence-corrected chi connectivity index (χ2v) is 3.45. The number of halogens is 2. The van der Waals surface area contributed by atoms with Crippen molar-refractivity contribution in [3.05, 3.63) is 29.3 Å². The van der Waals surface area contributed by atoms with Crippen molar-refractivity contribution in [1.29, 1.82) is 0 Å². The summed E-state index contributed by atoms with van der Waals surface area (Å²) in [4.78, 5) is 11.5. The quantitative estimate of drug-likeness (QED) is 0.707. The highest BCUT2D eigenvalue weighted by Crippen LogP contribution is 2.33. The molecule has 1 aromatic carbocycles. The Morgan fingerprint density at radius 1 is 1.44 bits per heavy atom. The molecule has 1 aromatic rings. The van der Waals surface area contributed by atoms with E-state index in [1.807, 2.05) is 0 Å². The van der Waals surface area contributed by atoms with Crippen molar-refractivity contribution in [2.75, 3.05) is 18.5 Å². The van der Waals surface area contributed by atoms with E-state index in [4.69, 9.17) is 5.11 Å². The number of carbonyl (C=O) groups is 1. The zero-order valence-corrected chi connectivity index (χ0v) is 8.26. The lowest BCUT2D eigenvalue weighted by Gasteiger charge is -2.10. The van der Waals surface area contributed by atoms with Crippen LogP contribution in [0.4, 0.5) is 14.5 Å². The lowest BCUT2D eigenvalue weighted by molar-refractivity contribution is -0.117. The van der Waals surface area contributed by atoms with Crippen LogP contribution < -0.4 is 10.6 Å². The Hall–Kier alpha value is -1.53. The van der Waals surface area contributed by atoms with Crippen molar-refractivity contribution in [2.24, 2.45) is 0 Å². The number of anilines is 1. The van der Waals surface area contributed by atoms with E-state index in [1.165, 1.54) is 0 Å². The van der Waals surface area contributed by atoms with E-state index in [1.54, 1.807) is 0 Å². The van der Waals surface area contributed by atoms with Crippen LogP contribution in [-0.4, -0.2) is 24.2 Å². The van der Waals surface area contributed by atoms with E-state index in [9.17, 15) is 13.6 Å². The number of fused-ring (bicyclic) bond motifs is 1. The maximum atomic E-state index is 13.5. The standard InChI is InChI=1S/C10H10F2N2O2/c11-5-3-6(12)8-7(4-5)14-10(16)9(8)13-1-2-15/h3-4,9,13,15H,1-2H2,(H,14,16). The van der Waals surface area contributed by atoms with E-state index in [2.05, 4.69) is 10.6 Å². The largest absolute Gasteiger partial charge is 0.395 e. The number of benzene rings is 1. The van der Waals surface area contributed by atoms with E-state index in [-0.39, 0.29) is 24.4 Å². The number of nitrogens with one attached hydrogen (secondary N) is 2. The molecule has 0 spiro atoms. The maximum absolute atomic E-state index is 13.5. The van der Waals surface area contributed by atoms with Crippen LogP contribution in [0.15, 0.2) is 12.1 Å². The number of rotatable bonds is 3. The molecule has 1 unspecified atom stereocenters. The van der Waals surface area contributed by atoms with E-state index < -0.39 is 23.6 Å². The Bertz CT molecular complexity index is 437. The van der Waals surface area contributed by atoms with Gasteiger partial charge in [0.15, 0.2) is 0 Å². The fourth-order valence-electron chi connectivity index (χ4n) is 1.72. The Kier molecular flexibility index (Phi) is 2.84. The molecule has 1 atom stereocenters. The van der Waals surface area contributed by atoms with Gasteiger partial charge < -0.3 is 10.4 Å². The second kappa shape index (κ2) is 4.15. The predicted molar refractivity (Wildman–Crippen MR) is 52.8 cm³/mol. The smallest absolute Gasteiger partial charge is 0.246 e. The molecule has 6 heteroatoms. The Morgan fingerprint density at radius 3 is 2.88 bits per heavy atom. The summed E-state index contributed by atoms with van der Waals surface area (Å²) >= 11 is 0. The summed E-state index contributed by atoms with van der Waals surface area (Å²) in [7, 11) is 0. The Morgan fingerprint density at radius 2 is 2.19 bits per heavy atom. The summed E-state index contributed by atoms with van der Waals surface area (Å²) in [6.45, 7) is -0.00370. The molecule has 3 N–H and O–H groups in total. The highest BCUT2D eigenvalue weighted by molar-refractivity contribution is 6.02. The molecule has 4 nitrogen and oxygen atoms in total. The van der Waals surface area contributed by atoms with Crippen molar-refractivity contribution in [3.8, 4) is 0 Å². The van der Waals surface area contributed by atoms with Crippen LogP contribution in [0.2, 0.25) is 0 Å². The zero-order chi connectivity index (χ0) is 11.7. The number of aliphatic hydroxyl groups is 1. The molecule has 1 heterocycles. The van der Waals surface area contributed by atoms with Gasteiger partial charge in [-0.3, -0.25) is 10.1 Å². The number of amides is 1. The molecular weight excluding hydrogens is 218 g/mol. The molecule has 1 aliphatic rings. The van der Waals surface area contributed by atoms with Gasteiger partial charge in [-0.05, 0) is 6.07 Å². The van der Waals surface area contributed by atoms with Crippen LogP contribution in [0.25, 0.3) is 0 Å². The maximum Gasteiger partial charge on any atom is 0.246 e. The number of carbonyl (C=O) groups excluding carboxylic acids is 1. The number of aliphatic hydroxyl groups excluding tert-OH is 1. The van der Waals surface area contributed by atoms with Crippen molar-refractivity contribution >= 4 is 11.6 Å². The van der Waals surface area contributed by atoms with Crippen LogP contribution in [0.3, 0.4) is 0 Å². The molecule has 1 aliphatic heterocycles. The Balaban J connectivity index is 2.36. The first-order valence-electron chi connectivity index (χ1n) is 4.77. The zero-order valence-electron chi connectivity index (χ0n) is 8.26. The summed E-state index contributed by atoms with van der Waals surface area (Å²) in [5, 5.41) is 13.7. The van der Waals surface area contributed by atoms with Crippen LogP contribution >= 0.6 is 0 Å². The molecule has 86 valence electrons. The minimum absolute atomic E-state index is 0.0971. The van der Waals surface area contributed by atoms with Gasteiger partial charge in [-0.25, -0.2) is 8.78 Å². The van der Waals surface area contributed by atoms with Crippen molar-refractivity contribution in [3.63, 3.8) is 0 Å². The van der Waals surface area contributed by atoms with Crippen LogP contribution in [-0.2, 0) is 4.79 Å². The van der Waals surface area contributed by atoms with E-state index in [0.717, 1.165) is 12.1 Å². The molecule has 0 saturated carbocycles. The Labute approximate surface area is 90.3 Å². The summed E-state index contributed by atoms with van der Waals surface area (Å²) in [5.41, 5.74) is 0.234. The van der Waals surface area contributed by atoms with Gasteiger partial charge in [-0.15, -0.1) is 0 Å². The fraction of sp³-hybridized carbons (Fsp3) is 0.300. The lowest BCUT2D eigenvalue weighted by Crippen LogP contribution is -2.30. The SMILES string of the molecule is O=C1Nc2cc(F)cc(F)c2C1NCCO. The van der Waals surface area contributed by atoms with Gasteiger partial charge in [0, 0.05) is 18.2 Å². The lowest BCUT2D eigenvalue weighted by atomic mass is 10.1. The van der Waals surface area contributed by atoms with Gasteiger partial charge in [-0.1, -0.05) is 0 Å². The van der Waals surface area contributed by atoms with Crippen LogP contribution in [0.1, 0.15) is 11.6 Å². The minimum atomic E-state index is -0.872. The first-order chi connectivity index (χ1) is 7.63. The van der Waals surface area contributed by atoms with Crippen molar-refractivity contribution in [1.82, 2.24) is 5.32 Å². The molecular formula is C10H10F2N2O2. The van der Waals surface area contributed by atoms with Gasteiger partial charge in [0.2, 0.25) is 5.91 Å². The number of hydrogen-bond acceptors (Lipinski definition) is 3. The molecule has 0 saturated heterocycles. The molecule has 1 amide bonds. The third-order valence-electron chi connectivity index (χ3n) is 2.36. The van der Waals surface area contributed by atoms with E-state index in [0.29, 0.717) is 0 Å². The van der Waals surface area contributed by atoms with Gasteiger partial charge in [-0.2, -0.15) is 0 Å². The first kappa shape index (κ1) is 11.0. The monoisotopic (exact) mass is 228 g/mol. The third-order valence-corrected chi connectivity index (χ3v) is 2.36. The summed E-state index contributed by atoms with van der Waals surface area (Å²) in [5.74, 6) is -1.96. The van der Waals surface area contributed by atoms with Gasteiger partial charge in [0.1, 0.15) is 17.7 Å². The molecule has 0 bridgehead atoms. The summed E-state index contributed by atoms with van der Waals surface area (Å²) in [6, 6.07) is 0.923. The molecule has 0 aliphatic carbocycles. The molecule has 2 rings (SSSR count). The molecule has 0 fully saturated rings. The molecule has 0 radical (unpaired) electrons. The van der Waals surface area contributed by atoms with Crippen molar-refractivity contribution < 1.29 is 18.7 Å². The third kappa shape index (κ3) is 1.77. The predicted octanol–water partition coefficient (Wildman–Crippen LogP) is 0.540. The molecule has 0 aromatic heterocycles. The summed E-state index contributed by atoms with van der Waals surface area (Å²) < 4.78 is 26.3. The average molecular weight is 228 g/mol. The van der Waals surface area contributed by atoms with Gasteiger partial charge in [0.25, 0.3) is 0 Å². The van der Waals surface area contributed by atoms with Gasteiger partial charge >= 0.3 is 0 Å². The minimum Gasteiger partial charge on any atom is -0.395 e. The second-order valence-electron chi connectivity index (χ2n) is 3.45. The topological polar surface area (TPSA) is 61.4 Å². The van der Waals surface area contributed by atoms with E-state index >= 15 is 0 Å². The highest BCUT2D eigenvalue weighted by atomic mass is 19.1. The van der Waals surface area contributed by atoms with Crippen LogP contribution in [0, 0.1) is 11.6 Å². The molecule has 16 heavy (non-hydrogen) atoms. The highest BCUT2D eigenvalue weighted by Gasteiger charge is 2.33. The summed E-state index contributed by atoms with van der Waals surface area (Å²) in [6.07, 6.45) is 0. The van der Waals surface area contributed by atoms with Gasteiger partial charge in [0.05, 0.1) is 12.3 Å².